The van der Waals surface area contributed by atoms with Crippen molar-refractivity contribution in [3.8, 4) is 0 Å². The molecule has 4 atom stereocenters. The number of rotatable bonds is 16. The summed E-state index contributed by atoms with van der Waals surface area (Å²) in [6.45, 7) is 2.63. The molecule has 2 aliphatic rings. The predicted molar refractivity (Wildman–Crippen MR) is 115 cm³/mol. The normalized spacial score (nSPS) is 25.0. The molecule has 2 heterocycles. The largest absolute Gasteiger partial charge is 0.461 e. The van der Waals surface area contributed by atoms with Crippen LogP contribution in [0.4, 0.5) is 0 Å². The molecule has 0 aliphatic carbocycles. The van der Waals surface area contributed by atoms with Crippen LogP contribution in [0.2, 0.25) is 0 Å². The van der Waals surface area contributed by atoms with Gasteiger partial charge in [-0.25, -0.2) is 0 Å². The van der Waals surface area contributed by atoms with Crippen molar-refractivity contribution in [3.05, 3.63) is 35.9 Å². The third kappa shape index (κ3) is 8.88. The van der Waals surface area contributed by atoms with E-state index in [1.54, 1.807) is 0 Å². The van der Waals surface area contributed by atoms with Gasteiger partial charge in [-0.1, -0.05) is 82.2 Å². The molecule has 29 heavy (non-hydrogen) atoms. The minimum Gasteiger partial charge on any atom is -0.461 e. The van der Waals surface area contributed by atoms with E-state index >= 15 is 0 Å². The van der Waals surface area contributed by atoms with Crippen molar-refractivity contribution in [2.75, 3.05) is 0 Å². The first-order valence-corrected chi connectivity index (χ1v) is 11.8. The summed E-state index contributed by atoms with van der Waals surface area (Å²) in [5.74, 6) is -0.0848. The van der Waals surface area contributed by atoms with E-state index in [4.69, 9.17) is 14.2 Å². The Morgan fingerprint density at radius 1 is 0.828 bits per heavy atom. The van der Waals surface area contributed by atoms with Crippen LogP contribution in [-0.4, -0.2) is 30.4 Å². The van der Waals surface area contributed by atoms with Crippen molar-refractivity contribution < 1.29 is 19.0 Å². The van der Waals surface area contributed by atoms with E-state index in [0.29, 0.717) is 37.4 Å². The first-order chi connectivity index (χ1) is 14.3. The first kappa shape index (κ1) is 22.3. The van der Waals surface area contributed by atoms with Crippen LogP contribution >= 0.6 is 0 Å². The quantitative estimate of drug-likeness (QED) is 0.194. The second kappa shape index (κ2) is 12.3. The number of carbonyl (C=O) groups is 1. The highest BCUT2D eigenvalue weighted by Crippen LogP contribution is 2.39. The fourth-order valence-electron chi connectivity index (χ4n) is 4.06. The van der Waals surface area contributed by atoms with Gasteiger partial charge in [-0.15, -0.1) is 0 Å². The third-order valence-corrected chi connectivity index (χ3v) is 6.04. The van der Waals surface area contributed by atoms with Gasteiger partial charge in [0.05, 0.1) is 24.4 Å². The molecule has 4 heteroatoms. The lowest BCUT2D eigenvalue weighted by atomic mass is 10.0. The molecule has 0 saturated carbocycles. The summed E-state index contributed by atoms with van der Waals surface area (Å²) in [5.41, 5.74) is 1.04. The lowest BCUT2D eigenvalue weighted by Gasteiger charge is -2.05. The Balaban J connectivity index is 1.09. The zero-order valence-corrected chi connectivity index (χ0v) is 18.0. The number of unbranched alkanes of at least 4 members (excludes halogenated alkanes) is 6. The highest BCUT2D eigenvalue weighted by Gasteiger charge is 2.47. The molecule has 4 unspecified atom stereocenters. The molecule has 0 amide bonds. The molecule has 1 aromatic rings. The second-order valence-corrected chi connectivity index (χ2v) is 8.61. The van der Waals surface area contributed by atoms with E-state index < -0.39 is 0 Å². The molecular formula is C25H38O4. The van der Waals surface area contributed by atoms with E-state index in [0.717, 1.165) is 24.8 Å². The summed E-state index contributed by atoms with van der Waals surface area (Å²) in [4.78, 5) is 11.8. The van der Waals surface area contributed by atoms with Gasteiger partial charge >= 0.3 is 5.97 Å². The minimum atomic E-state index is -0.0848. The molecular weight excluding hydrogens is 364 g/mol. The molecule has 1 aromatic carbocycles. The van der Waals surface area contributed by atoms with Gasteiger partial charge in [-0.2, -0.15) is 0 Å². The summed E-state index contributed by atoms with van der Waals surface area (Å²) >= 11 is 0. The summed E-state index contributed by atoms with van der Waals surface area (Å²) < 4.78 is 16.9. The summed E-state index contributed by atoms with van der Waals surface area (Å²) in [6, 6.07) is 9.84. The lowest BCUT2D eigenvalue weighted by Crippen LogP contribution is -2.04. The number of esters is 1. The van der Waals surface area contributed by atoms with Crippen LogP contribution in [0.3, 0.4) is 0 Å². The van der Waals surface area contributed by atoms with Crippen LogP contribution in [0.15, 0.2) is 30.3 Å². The molecule has 0 N–H and O–H groups in total. The molecule has 0 bridgehead atoms. The summed E-state index contributed by atoms with van der Waals surface area (Å²) in [5, 5.41) is 0. The van der Waals surface area contributed by atoms with Crippen molar-refractivity contribution in [2.45, 2.75) is 115 Å². The van der Waals surface area contributed by atoms with E-state index in [9.17, 15) is 4.79 Å². The van der Waals surface area contributed by atoms with Crippen molar-refractivity contribution in [1.29, 1.82) is 0 Å². The number of hydrogen-bond donors (Lipinski definition) is 0. The fraction of sp³-hybridized carbons (Fsp3) is 0.720. The Labute approximate surface area is 176 Å². The Kier molecular flexibility index (Phi) is 9.49. The van der Waals surface area contributed by atoms with Crippen LogP contribution < -0.4 is 0 Å². The zero-order valence-electron chi connectivity index (χ0n) is 18.0. The second-order valence-electron chi connectivity index (χ2n) is 8.61. The first-order valence-electron chi connectivity index (χ1n) is 11.8. The highest BCUT2D eigenvalue weighted by molar-refractivity contribution is 5.69. The van der Waals surface area contributed by atoms with Crippen molar-refractivity contribution in [2.24, 2.45) is 0 Å². The maximum Gasteiger partial charge on any atom is 0.306 e. The van der Waals surface area contributed by atoms with Crippen LogP contribution in [0, 0.1) is 0 Å². The maximum atomic E-state index is 11.8. The molecule has 2 aliphatic heterocycles. The number of ether oxygens (including phenoxy) is 3. The van der Waals surface area contributed by atoms with E-state index in [1.165, 1.54) is 51.4 Å². The molecule has 2 fully saturated rings. The Bertz CT molecular complexity index is 588. The molecule has 4 nitrogen and oxygen atoms in total. The third-order valence-electron chi connectivity index (χ3n) is 6.04. The van der Waals surface area contributed by atoms with Gasteiger partial charge in [0.1, 0.15) is 6.61 Å². The standard InChI is InChI=1S/C25H38O4/c1-2-3-8-15-21-23(28-21)18-24-22(29-24)16-11-5-4-6-12-17-25(26)27-19-20-13-9-7-10-14-20/h7,9-10,13-14,21-24H,2-6,8,11-12,15-19H2,1H3. The fourth-order valence-corrected chi connectivity index (χ4v) is 4.06. The predicted octanol–water partition coefficient (Wildman–Crippen LogP) is 5.97. The smallest absolute Gasteiger partial charge is 0.306 e. The Morgan fingerprint density at radius 2 is 1.45 bits per heavy atom. The molecule has 0 aromatic heterocycles. The minimum absolute atomic E-state index is 0.0848. The highest BCUT2D eigenvalue weighted by atomic mass is 16.6. The van der Waals surface area contributed by atoms with E-state index in [-0.39, 0.29) is 5.97 Å². The van der Waals surface area contributed by atoms with Gasteiger partial charge in [0.25, 0.3) is 0 Å². The maximum absolute atomic E-state index is 11.8. The number of carbonyl (C=O) groups excluding carboxylic acids is 1. The molecule has 0 spiro atoms. The van der Waals surface area contributed by atoms with Gasteiger partial charge in [-0.3, -0.25) is 4.79 Å². The molecule has 2 saturated heterocycles. The van der Waals surface area contributed by atoms with Crippen LogP contribution in [-0.2, 0) is 25.6 Å². The molecule has 3 rings (SSSR count). The number of benzene rings is 1. The van der Waals surface area contributed by atoms with Crippen LogP contribution in [0.5, 0.6) is 0 Å². The van der Waals surface area contributed by atoms with Crippen molar-refractivity contribution >= 4 is 5.97 Å². The SMILES string of the molecule is CCCCCC1OC1CC1OC1CCCCCCCC(=O)OCc1ccccc1. The van der Waals surface area contributed by atoms with E-state index in [2.05, 4.69) is 6.92 Å². The zero-order chi connectivity index (χ0) is 20.3. The van der Waals surface area contributed by atoms with Crippen LogP contribution in [0.25, 0.3) is 0 Å². The topological polar surface area (TPSA) is 51.4 Å². The van der Waals surface area contributed by atoms with Gasteiger partial charge in [-0.05, 0) is 24.8 Å². The number of epoxide rings is 2. The average molecular weight is 403 g/mol. The molecule has 162 valence electrons. The summed E-state index contributed by atoms with van der Waals surface area (Å²) in [7, 11) is 0. The monoisotopic (exact) mass is 402 g/mol. The van der Waals surface area contributed by atoms with Gasteiger partial charge in [0, 0.05) is 12.8 Å². The van der Waals surface area contributed by atoms with Gasteiger partial charge < -0.3 is 14.2 Å². The van der Waals surface area contributed by atoms with Crippen molar-refractivity contribution in [1.82, 2.24) is 0 Å². The van der Waals surface area contributed by atoms with Gasteiger partial charge in [0.2, 0.25) is 0 Å². The summed E-state index contributed by atoms with van der Waals surface area (Å²) in [6.07, 6.45) is 15.5. The Hall–Kier alpha value is -1.39. The Morgan fingerprint density at radius 3 is 2.14 bits per heavy atom. The van der Waals surface area contributed by atoms with Crippen molar-refractivity contribution in [3.63, 3.8) is 0 Å². The van der Waals surface area contributed by atoms with Gasteiger partial charge in [0.15, 0.2) is 0 Å². The lowest BCUT2D eigenvalue weighted by molar-refractivity contribution is -0.145. The number of hydrogen-bond acceptors (Lipinski definition) is 4. The average Bonchev–Trinajstić information content (AvgIpc) is 3.66. The van der Waals surface area contributed by atoms with E-state index in [1.807, 2.05) is 30.3 Å². The van der Waals surface area contributed by atoms with Crippen LogP contribution in [0.1, 0.15) is 89.5 Å². The molecule has 0 radical (unpaired) electrons.